The summed E-state index contributed by atoms with van der Waals surface area (Å²) in [6.45, 7) is 7.25. The topological polar surface area (TPSA) is 89.0 Å². The lowest BCUT2D eigenvalue weighted by atomic mass is 9.96. The van der Waals surface area contributed by atoms with Crippen molar-refractivity contribution in [3.63, 3.8) is 0 Å². The highest BCUT2D eigenvalue weighted by molar-refractivity contribution is 6.46. The summed E-state index contributed by atoms with van der Waals surface area (Å²) in [5.41, 5.74) is 1.21. The van der Waals surface area contributed by atoms with E-state index in [1.807, 2.05) is 20.8 Å². The van der Waals surface area contributed by atoms with Gasteiger partial charge in [0.1, 0.15) is 11.5 Å². The van der Waals surface area contributed by atoms with E-state index in [1.54, 1.807) is 48.8 Å². The van der Waals surface area contributed by atoms with Gasteiger partial charge in [-0.25, -0.2) is 0 Å². The van der Waals surface area contributed by atoms with Crippen LogP contribution in [0.5, 0.6) is 5.75 Å². The molecule has 1 amide bonds. The van der Waals surface area contributed by atoms with E-state index in [-0.39, 0.29) is 17.4 Å². The fraction of sp³-hybridized carbons (Fsp3) is 0.400. The number of amides is 1. The molecule has 2 aromatic rings. The van der Waals surface area contributed by atoms with Crippen LogP contribution in [0.2, 0.25) is 0 Å². The van der Waals surface area contributed by atoms with Gasteiger partial charge in [-0.05, 0) is 56.5 Å². The fourth-order valence-corrected chi connectivity index (χ4v) is 3.67. The van der Waals surface area contributed by atoms with E-state index >= 15 is 0 Å². The first-order chi connectivity index (χ1) is 15.4. The number of likely N-dealkylation sites (tertiary alicyclic amines) is 1. The first kappa shape index (κ1) is 23.5. The van der Waals surface area contributed by atoms with Crippen molar-refractivity contribution < 1.29 is 24.2 Å². The molecule has 1 aliphatic heterocycles. The number of ketones is 1. The predicted molar refractivity (Wildman–Crippen MR) is 121 cm³/mol. The van der Waals surface area contributed by atoms with Gasteiger partial charge in [-0.15, -0.1) is 0 Å². The number of aliphatic hydroxyl groups is 1. The molecule has 0 spiro atoms. The Kier molecular flexibility index (Phi) is 8.00. The molecule has 1 unspecified atom stereocenters. The predicted octanol–water partition coefficient (Wildman–Crippen LogP) is 4.11. The Hall–Kier alpha value is -3.19. The van der Waals surface area contributed by atoms with Crippen LogP contribution in [0, 0.1) is 0 Å². The minimum atomic E-state index is -0.700. The molecule has 0 bridgehead atoms. The third-order valence-corrected chi connectivity index (χ3v) is 5.14. The van der Waals surface area contributed by atoms with Crippen molar-refractivity contribution in [1.82, 2.24) is 9.88 Å². The van der Waals surface area contributed by atoms with Crippen LogP contribution in [0.25, 0.3) is 5.76 Å². The lowest BCUT2D eigenvalue weighted by Gasteiger charge is -2.25. The van der Waals surface area contributed by atoms with Gasteiger partial charge in [0, 0.05) is 31.1 Å². The zero-order valence-electron chi connectivity index (χ0n) is 18.8. The molecule has 1 aromatic carbocycles. The number of aliphatic hydroxyl groups excluding tert-OH is 1. The van der Waals surface area contributed by atoms with Crippen LogP contribution in [0.4, 0.5) is 0 Å². The van der Waals surface area contributed by atoms with Crippen LogP contribution in [0.1, 0.15) is 50.8 Å². The Balaban J connectivity index is 1.98. The van der Waals surface area contributed by atoms with Gasteiger partial charge in [0.15, 0.2) is 0 Å². The number of aromatic nitrogens is 1. The molecule has 3 rings (SSSR count). The van der Waals surface area contributed by atoms with Crippen LogP contribution >= 0.6 is 0 Å². The third kappa shape index (κ3) is 5.34. The molecule has 1 atom stereocenters. The van der Waals surface area contributed by atoms with Crippen molar-refractivity contribution in [2.24, 2.45) is 0 Å². The second-order valence-electron chi connectivity index (χ2n) is 7.92. The Morgan fingerprint density at radius 3 is 2.59 bits per heavy atom. The minimum Gasteiger partial charge on any atom is -0.507 e. The molecule has 32 heavy (non-hydrogen) atoms. The zero-order valence-corrected chi connectivity index (χ0v) is 18.8. The molecule has 1 aromatic heterocycles. The number of nitrogens with zero attached hydrogens (tertiary/aromatic N) is 2. The van der Waals surface area contributed by atoms with Gasteiger partial charge in [0.25, 0.3) is 11.7 Å². The minimum absolute atomic E-state index is 0.0682. The number of carbonyl (C=O) groups excluding carboxylic acids is 2. The molecule has 1 N–H and O–H groups in total. The van der Waals surface area contributed by atoms with E-state index in [0.717, 1.165) is 6.42 Å². The van der Waals surface area contributed by atoms with Crippen molar-refractivity contribution in [2.75, 3.05) is 19.8 Å². The van der Waals surface area contributed by atoms with Gasteiger partial charge in [0.2, 0.25) is 0 Å². The van der Waals surface area contributed by atoms with E-state index in [2.05, 4.69) is 4.98 Å². The number of hydrogen-bond donors (Lipinski definition) is 1. The molecule has 7 nitrogen and oxygen atoms in total. The molecule has 0 saturated carbocycles. The van der Waals surface area contributed by atoms with E-state index in [0.29, 0.717) is 43.1 Å². The Labute approximate surface area is 188 Å². The Morgan fingerprint density at radius 1 is 1.16 bits per heavy atom. The SMILES string of the molecule is CCCOc1cccc(/C(O)=C2/C(=O)C(=O)N(CCCOC(C)C)C2c2ccncc2)c1. The van der Waals surface area contributed by atoms with Gasteiger partial charge in [-0.3, -0.25) is 14.6 Å². The lowest BCUT2D eigenvalue weighted by molar-refractivity contribution is -0.140. The second kappa shape index (κ2) is 10.9. The van der Waals surface area contributed by atoms with Crippen molar-refractivity contribution >= 4 is 17.4 Å². The number of rotatable bonds is 10. The van der Waals surface area contributed by atoms with Gasteiger partial charge in [-0.1, -0.05) is 19.1 Å². The highest BCUT2D eigenvalue weighted by Crippen LogP contribution is 2.39. The molecule has 1 fully saturated rings. The maximum Gasteiger partial charge on any atom is 0.295 e. The van der Waals surface area contributed by atoms with Crippen LogP contribution in [0.15, 0.2) is 54.4 Å². The fourth-order valence-electron chi connectivity index (χ4n) is 3.67. The van der Waals surface area contributed by atoms with Gasteiger partial charge in [-0.2, -0.15) is 0 Å². The molecule has 1 saturated heterocycles. The van der Waals surface area contributed by atoms with Crippen molar-refractivity contribution in [3.05, 3.63) is 65.5 Å². The Bertz CT molecular complexity index is 971. The molecule has 2 heterocycles. The standard InChI is InChI=1S/C25H30N2O5/c1-4-14-32-20-8-5-7-19(16-20)23(28)21-22(18-9-11-26-12-10-18)27(25(30)24(21)29)13-6-15-31-17(2)3/h5,7-12,16-17,22,28H,4,6,13-15H2,1-3H3/b23-21-. The molecular formula is C25H30N2O5. The number of ether oxygens (including phenoxy) is 2. The molecular weight excluding hydrogens is 408 g/mol. The van der Waals surface area contributed by atoms with Crippen LogP contribution in [-0.4, -0.2) is 52.5 Å². The van der Waals surface area contributed by atoms with E-state index in [4.69, 9.17) is 9.47 Å². The highest BCUT2D eigenvalue weighted by Gasteiger charge is 2.45. The smallest absolute Gasteiger partial charge is 0.295 e. The first-order valence-corrected chi connectivity index (χ1v) is 11.0. The van der Waals surface area contributed by atoms with E-state index < -0.39 is 17.7 Å². The average Bonchev–Trinajstić information content (AvgIpc) is 3.05. The maximum atomic E-state index is 13.0. The molecule has 0 aliphatic carbocycles. The van der Waals surface area contributed by atoms with Crippen molar-refractivity contribution in [2.45, 2.75) is 45.8 Å². The quantitative estimate of drug-likeness (QED) is 0.260. The summed E-state index contributed by atoms with van der Waals surface area (Å²) in [4.78, 5) is 31.5. The van der Waals surface area contributed by atoms with Crippen molar-refractivity contribution in [3.8, 4) is 5.75 Å². The third-order valence-electron chi connectivity index (χ3n) is 5.14. The Morgan fingerprint density at radius 2 is 1.91 bits per heavy atom. The first-order valence-electron chi connectivity index (χ1n) is 11.0. The summed E-state index contributed by atoms with van der Waals surface area (Å²) >= 11 is 0. The largest absolute Gasteiger partial charge is 0.507 e. The summed E-state index contributed by atoms with van der Waals surface area (Å²) in [6.07, 6.45) is 4.73. The summed E-state index contributed by atoms with van der Waals surface area (Å²) in [7, 11) is 0. The van der Waals surface area contributed by atoms with Crippen LogP contribution < -0.4 is 4.74 Å². The molecule has 7 heteroatoms. The van der Waals surface area contributed by atoms with Gasteiger partial charge >= 0.3 is 0 Å². The molecule has 0 radical (unpaired) electrons. The summed E-state index contributed by atoms with van der Waals surface area (Å²) in [5.74, 6) is -0.949. The lowest BCUT2D eigenvalue weighted by Crippen LogP contribution is -2.31. The number of hydrogen-bond acceptors (Lipinski definition) is 6. The second-order valence-corrected chi connectivity index (χ2v) is 7.92. The van der Waals surface area contributed by atoms with E-state index in [1.165, 1.54) is 4.90 Å². The number of Topliss-reactive ketones (excluding diaryl/α,β-unsaturated/α-hetero) is 1. The van der Waals surface area contributed by atoms with Crippen LogP contribution in [-0.2, 0) is 14.3 Å². The normalized spacial score (nSPS) is 17.9. The van der Waals surface area contributed by atoms with Gasteiger partial charge < -0.3 is 19.5 Å². The van der Waals surface area contributed by atoms with E-state index in [9.17, 15) is 14.7 Å². The molecule has 1 aliphatic rings. The highest BCUT2D eigenvalue weighted by atomic mass is 16.5. The zero-order chi connectivity index (χ0) is 23.1. The monoisotopic (exact) mass is 438 g/mol. The maximum absolute atomic E-state index is 13.0. The summed E-state index contributed by atoms with van der Waals surface area (Å²) < 4.78 is 11.2. The number of pyridine rings is 1. The van der Waals surface area contributed by atoms with Crippen LogP contribution in [0.3, 0.4) is 0 Å². The van der Waals surface area contributed by atoms with Gasteiger partial charge in [0.05, 0.1) is 24.3 Å². The average molecular weight is 439 g/mol. The summed E-state index contributed by atoms with van der Waals surface area (Å²) in [6, 6.07) is 9.73. The number of carbonyl (C=O) groups is 2. The number of benzene rings is 1. The summed E-state index contributed by atoms with van der Waals surface area (Å²) in [5, 5.41) is 11.1. The molecule has 170 valence electrons. The van der Waals surface area contributed by atoms with Crippen molar-refractivity contribution in [1.29, 1.82) is 0 Å².